The summed E-state index contributed by atoms with van der Waals surface area (Å²) in [6.07, 6.45) is 1.45. The van der Waals surface area contributed by atoms with Crippen molar-refractivity contribution in [2.75, 3.05) is 7.11 Å². The summed E-state index contributed by atoms with van der Waals surface area (Å²) < 4.78 is 10.6. The van der Waals surface area contributed by atoms with E-state index in [1.165, 1.54) is 13.2 Å². The van der Waals surface area contributed by atoms with Gasteiger partial charge in [0.05, 0.1) is 12.5 Å². The number of nitrogens with zero attached hydrogens (tertiary/aromatic N) is 1. The van der Waals surface area contributed by atoms with Gasteiger partial charge in [-0.25, -0.2) is 0 Å². The minimum atomic E-state index is -0.646. The van der Waals surface area contributed by atoms with E-state index in [-0.39, 0.29) is 23.3 Å². The van der Waals surface area contributed by atoms with Crippen LogP contribution >= 0.6 is 0 Å². The van der Waals surface area contributed by atoms with Crippen LogP contribution in [0.4, 0.5) is 0 Å². The van der Waals surface area contributed by atoms with E-state index in [0.29, 0.717) is 11.3 Å². The molecule has 1 aromatic rings. The van der Waals surface area contributed by atoms with Gasteiger partial charge in [0.25, 0.3) is 5.91 Å². The van der Waals surface area contributed by atoms with Gasteiger partial charge < -0.3 is 14.8 Å². The number of hydrogen-bond acceptors (Lipinski definition) is 5. The molecule has 0 aromatic heterocycles. The van der Waals surface area contributed by atoms with Crippen molar-refractivity contribution in [1.82, 2.24) is 5.32 Å². The highest BCUT2D eigenvalue weighted by Gasteiger charge is 2.25. The Morgan fingerprint density at radius 2 is 1.88 bits per heavy atom. The van der Waals surface area contributed by atoms with E-state index in [1.54, 1.807) is 39.0 Å². The predicted octanol–water partition coefficient (Wildman–Crippen LogP) is 3.08. The molecule has 0 heterocycles. The van der Waals surface area contributed by atoms with Crippen LogP contribution in [0.3, 0.4) is 0 Å². The molecule has 6 heteroatoms. The van der Waals surface area contributed by atoms with Gasteiger partial charge in [-0.2, -0.15) is 5.26 Å². The van der Waals surface area contributed by atoms with Crippen LogP contribution in [0.25, 0.3) is 6.08 Å². The summed E-state index contributed by atoms with van der Waals surface area (Å²) in [5, 5.41) is 11.8. The summed E-state index contributed by atoms with van der Waals surface area (Å²) in [6, 6.07) is 6.63. The second kappa shape index (κ2) is 8.34. The SMILES string of the molecule is COc1cc(C=C(C#N)C(=O)NC(C)C)ccc1OC(=O)C(C)(C)C. The number of carbonyl (C=O) groups excluding carboxylic acids is 2. The number of esters is 1. The molecule has 0 bridgehead atoms. The fourth-order valence-electron chi connectivity index (χ4n) is 1.77. The lowest BCUT2D eigenvalue weighted by Gasteiger charge is -2.17. The van der Waals surface area contributed by atoms with Gasteiger partial charge in [-0.05, 0) is 58.4 Å². The second-order valence-electron chi connectivity index (χ2n) is 6.85. The van der Waals surface area contributed by atoms with Crippen molar-refractivity contribution in [3.05, 3.63) is 29.3 Å². The van der Waals surface area contributed by atoms with E-state index in [0.717, 1.165) is 0 Å². The monoisotopic (exact) mass is 344 g/mol. The Balaban J connectivity index is 3.12. The maximum absolute atomic E-state index is 12.0. The maximum Gasteiger partial charge on any atom is 0.316 e. The van der Waals surface area contributed by atoms with Crippen LogP contribution in [0.15, 0.2) is 23.8 Å². The van der Waals surface area contributed by atoms with Crippen LogP contribution in [0.1, 0.15) is 40.2 Å². The van der Waals surface area contributed by atoms with Crippen molar-refractivity contribution in [2.45, 2.75) is 40.7 Å². The molecule has 0 aliphatic carbocycles. The van der Waals surface area contributed by atoms with Crippen molar-refractivity contribution in [3.8, 4) is 17.6 Å². The highest BCUT2D eigenvalue weighted by Crippen LogP contribution is 2.31. The van der Waals surface area contributed by atoms with Crippen LogP contribution in [-0.4, -0.2) is 25.0 Å². The fraction of sp³-hybridized carbons (Fsp3) is 0.421. The Bertz CT molecular complexity index is 722. The molecule has 0 saturated carbocycles. The molecule has 1 amide bonds. The number of hydrogen-bond donors (Lipinski definition) is 1. The Morgan fingerprint density at radius 3 is 2.36 bits per heavy atom. The number of amides is 1. The third-order valence-corrected chi connectivity index (χ3v) is 3.10. The zero-order chi connectivity index (χ0) is 19.2. The largest absolute Gasteiger partial charge is 0.493 e. The molecule has 0 aliphatic heterocycles. The van der Waals surface area contributed by atoms with Crippen molar-refractivity contribution >= 4 is 18.0 Å². The molecule has 134 valence electrons. The summed E-state index contributed by atoms with van der Waals surface area (Å²) in [4.78, 5) is 24.0. The summed E-state index contributed by atoms with van der Waals surface area (Å²) in [7, 11) is 1.45. The lowest BCUT2D eigenvalue weighted by Crippen LogP contribution is -2.30. The van der Waals surface area contributed by atoms with Gasteiger partial charge in [0.1, 0.15) is 11.6 Å². The van der Waals surface area contributed by atoms with Gasteiger partial charge in [-0.1, -0.05) is 6.07 Å². The van der Waals surface area contributed by atoms with Gasteiger partial charge in [0, 0.05) is 6.04 Å². The van der Waals surface area contributed by atoms with E-state index in [2.05, 4.69) is 5.32 Å². The van der Waals surface area contributed by atoms with E-state index < -0.39 is 11.3 Å². The summed E-state index contributed by atoms with van der Waals surface area (Å²) in [6.45, 7) is 8.89. The van der Waals surface area contributed by atoms with Crippen LogP contribution in [0.5, 0.6) is 11.5 Å². The number of benzene rings is 1. The van der Waals surface area contributed by atoms with E-state index in [1.807, 2.05) is 19.9 Å². The van der Waals surface area contributed by atoms with Gasteiger partial charge in [-0.3, -0.25) is 9.59 Å². The van der Waals surface area contributed by atoms with Crippen LogP contribution < -0.4 is 14.8 Å². The van der Waals surface area contributed by atoms with Crippen molar-refractivity contribution in [1.29, 1.82) is 5.26 Å². The molecule has 1 N–H and O–H groups in total. The Morgan fingerprint density at radius 1 is 1.24 bits per heavy atom. The number of carbonyl (C=O) groups is 2. The molecule has 0 fully saturated rings. The first kappa shape index (κ1) is 20.2. The van der Waals surface area contributed by atoms with Gasteiger partial charge in [0.15, 0.2) is 11.5 Å². The molecule has 1 rings (SSSR count). The molecule has 1 aromatic carbocycles. The minimum Gasteiger partial charge on any atom is -0.493 e. The maximum atomic E-state index is 12.0. The van der Waals surface area contributed by atoms with Crippen LogP contribution in [0, 0.1) is 16.7 Å². The standard InChI is InChI=1S/C19H24N2O4/c1-12(2)21-17(22)14(11-20)9-13-7-8-15(16(10-13)24-6)25-18(23)19(3,4)5/h7-10,12H,1-6H3,(H,21,22). The molecular weight excluding hydrogens is 320 g/mol. The molecule has 6 nitrogen and oxygen atoms in total. The third-order valence-electron chi connectivity index (χ3n) is 3.10. The molecule has 0 atom stereocenters. The van der Waals surface area contributed by atoms with Crippen molar-refractivity contribution in [3.63, 3.8) is 0 Å². The Labute approximate surface area is 148 Å². The third kappa shape index (κ3) is 5.96. The van der Waals surface area contributed by atoms with Gasteiger partial charge in [-0.15, -0.1) is 0 Å². The summed E-state index contributed by atoms with van der Waals surface area (Å²) in [5.74, 6) is -0.208. The predicted molar refractivity (Wildman–Crippen MR) is 95.0 cm³/mol. The van der Waals surface area contributed by atoms with Crippen LogP contribution in [0.2, 0.25) is 0 Å². The highest BCUT2D eigenvalue weighted by molar-refractivity contribution is 6.01. The average molecular weight is 344 g/mol. The number of nitrogens with one attached hydrogen (secondary N) is 1. The lowest BCUT2D eigenvalue weighted by molar-refractivity contribution is -0.143. The van der Waals surface area contributed by atoms with E-state index in [4.69, 9.17) is 9.47 Å². The molecule has 0 aliphatic rings. The first-order valence-corrected chi connectivity index (χ1v) is 7.91. The fourth-order valence-corrected chi connectivity index (χ4v) is 1.77. The smallest absolute Gasteiger partial charge is 0.316 e. The molecular formula is C19H24N2O4. The molecule has 0 spiro atoms. The first-order valence-electron chi connectivity index (χ1n) is 7.91. The normalized spacial score (nSPS) is 11.7. The average Bonchev–Trinajstić information content (AvgIpc) is 2.51. The molecule has 0 radical (unpaired) electrons. The Hall–Kier alpha value is -2.81. The number of rotatable bonds is 5. The number of ether oxygens (including phenoxy) is 2. The zero-order valence-electron chi connectivity index (χ0n) is 15.5. The lowest BCUT2D eigenvalue weighted by atomic mass is 9.97. The zero-order valence-corrected chi connectivity index (χ0v) is 15.5. The van der Waals surface area contributed by atoms with Crippen molar-refractivity contribution < 1.29 is 19.1 Å². The molecule has 0 unspecified atom stereocenters. The number of methoxy groups -OCH3 is 1. The van der Waals surface area contributed by atoms with E-state index in [9.17, 15) is 14.9 Å². The Kier molecular flexibility index (Phi) is 6.75. The molecule has 0 saturated heterocycles. The van der Waals surface area contributed by atoms with Crippen LogP contribution in [-0.2, 0) is 9.59 Å². The summed E-state index contributed by atoms with van der Waals surface area (Å²) in [5.41, 5.74) is -0.0787. The van der Waals surface area contributed by atoms with Crippen molar-refractivity contribution in [2.24, 2.45) is 5.41 Å². The van der Waals surface area contributed by atoms with Gasteiger partial charge in [0.2, 0.25) is 0 Å². The second-order valence-corrected chi connectivity index (χ2v) is 6.85. The van der Waals surface area contributed by atoms with E-state index >= 15 is 0 Å². The quantitative estimate of drug-likeness (QED) is 0.384. The molecule has 25 heavy (non-hydrogen) atoms. The summed E-state index contributed by atoms with van der Waals surface area (Å²) >= 11 is 0. The topological polar surface area (TPSA) is 88.4 Å². The minimum absolute atomic E-state index is 0.0183. The van der Waals surface area contributed by atoms with Gasteiger partial charge >= 0.3 is 5.97 Å². The highest BCUT2D eigenvalue weighted by atomic mass is 16.6. The first-order chi connectivity index (χ1) is 11.6. The number of nitriles is 1.